The molecule has 0 spiro atoms. The lowest BCUT2D eigenvalue weighted by molar-refractivity contribution is 0.647. The van der Waals surface area contributed by atoms with Gasteiger partial charge in [-0.15, -0.1) is 0 Å². The predicted molar refractivity (Wildman–Crippen MR) is 215 cm³/mol. The molecule has 0 radical (unpaired) electrons. The van der Waals surface area contributed by atoms with Gasteiger partial charge in [0.2, 0.25) is 0 Å². The molecule has 0 bridgehead atoms. The van der Waals surface area contributed by atoms with Gasteiger partial charge in [0, 0.05) is 54.9 Å². The number of aromatic nitrogens is 4. The van der Waals surface area contributed by atoms with Gasteiger partial charge >= 0.3 is 0 Å². The van der Waals surface area contributed by atoms with Gasteiger partial charge in [0.25, 0.3) is 0 Å². The van der Waals surface area contributed by atoms with Crippen LogP contribution in [0.3, 0.4) is 0 Å². The van der Waals surface area contributed by atoms with Gasteiger partial charge < -0.3 is 8.98 Å². The molecule has 1 aliphatic rings. The van der Waals surface area contributed by atoms with Crippen LogP contribution in [0.25, 0.3) is 94.7 Å². The summed E-state index contributed by atoms with van der Waals surface area (Å²) in [5.74, 6) is 1.92. The van der Waals surface area contributed by atoms with Crippen molar-refractivity contribution in [2.75, 3.05) is 0 Å². The van der Waals surface area contributed by atoms with Gasteiger partial charge in [-0.25, -0.2) is 15.0 Å². The number of benzene rings is 7. The van der Waals surface area contributed by atoms with E-state index in [4.69, 9.17) is 19.4 Å². The molecule has 0 unspecified atom stereocenters. The highest BCUT2D eigenvalue weighted by Gasteiger charge is 2.38. The first kappa shape index (κ1) is 29.8. The number of furan rings is 1. The maximum absolute atomic E-state index is 6.41. The quantitative estimate of drug-likeness (QED) is 0.186. The average molecular weight is 681 g/mol. The van der Waals surface area contributed by atoms with Crippen LogP contribution in [0.15, 0.2) is 162 Å². The number of hydrogen-bond donors (Lipinski definition) is 0. The third-order valence-electron chi connectivity index (χ3n) is 11.0. The molecule has 7 aromatic carbocycles. The molecule has 3 heterocycles. The molecule has 10 aromatic rings. The van der Waals surface area contributed by atoms with Crippen LogP contribution in [-0.4, -0.2) is 19.5 Å². The molecule has 0 fully saturated rings. The van der Waals surface area contributed by atoms with E-state index in [0.717, 1.165) is 49.8 Å². The Morgan fingerprint density at radius 3 is 1.83 bits per heavy atom. The first-order valence-electron chi connectivity index (χ1n) is 18.0. The highest BCUT2D eigenvalue weighted by molar-refractivity contribution is 6.17. The highest BCUT2D eigenvalue weighted by atomic mass is 16.3. The molecule has 3 aromatic heterocycles. The van der Waals surface area contributed by atoms with E-state index in [9.17, 15) is 0 Å². The van der Waals surface area contributed by atoms with Crippen LogP contribution in [0.4, 0.5) is 0 Å². The summed E-state index contributed by atoms with van der Waals surface area (Å²) in [6.07, 6.45) is 0. The van der Waals surface area contributed by atoms with E-state index in [0.29, 0.717) is 17.5 Å². The largest absolute Gasteiger partial charge is 0.456 e. The maximum Gasteiger partial charge on any atom is 0.164 e. The molecule has 5 nitrogen and oxygen atoms in total. The Hall–Kier alpha value is -6.85. The van der Waals surface area contributed by atoms with Gasteiger partial charge in [-0.3, -0.25) is 0 Å². The van der Waals surface area contributed by atoms with Gasteiger partial charge in [0.1, 0.15) is 11.2 Å². The second-order valence-corrected chi connectivity index (χ2v) is 14.4. The van der Waals surface area contributed by atoms with Crippen molar-refractivity contribution in [1.29, 1.82) is 0 Å². The third kappa shape index (κ3) is 4.40. The summed E-state index contributed by atoms with van der Waals surface area (Å²) in [7, 11) is 0. The second kappa shape index (κ2) is 11.1. The van der Waals surface area contributed by atoms with E-state index < -0.39 is 0 Å². The Labute approximate surface area is 305 Å². The summed E-state index contributed by atoms with van der Waals surface area (Å²) in [6.45, 7) is 4.67. The van der Waals surface area contributed by atoms with Crippen molar-refractivity contribution in [1.82, 2.24) is 19.5 Å². The fourth-order valence-corrected chi connectivity index (χ4v) is 8.48. The van der Waals surface area contributed by atoms with Gasteiger partial charge in [-0.1, -0.05) is 135 Å². The van der Waals surface area contributed by atoms with Crippen LogP contribution in [0.1, 0.15) is 25.0 Å². The van der Waals surface area contributed by atoms with Crippen LogP contribution in [0.2, 0.25) is 0 Å². The molecule has 53 heavy (non-hydrogen) atoms. The van der Waals surface area contributed by atoms with Gasteiger partial charge in [-0.2, -0.15) is 0 Å². The Kier molecular flexibility index (Phi) is 6.23. The van der Waals surface area contributed by atoms with E-state index >= 15 is 0 Å². The van der Waals surface area contributed by atoms with Crippen LogP contribution < -0.4 is 0 Å². The first-order chi connectivity index (χ1) is 26.0. The Morgan fingerprint density at radius 2 is 1.09 bits per heavy atom. The molecule has 0 aliphatic heterocycles. The van der Waals surface area contributed by atoms with E-state index in [2.05, 4.69) is 109 Å². The monoisotopic (exact) mass is 680 g/mol. The summed E-state index contributed by atoms with van der Waals surface area (Å²) in [5, 5.41) is 4.72. The number of rotatable bonds is 4. The van der Waals surface area contributed by atoms with E-state index in [1.54, 1.807) is 0 Å². The zero-order valence-electron chi connectivity index (χ0n) is 29.2. The van der Waals surface area contributed by atoms with Crippen molar-refractivity contribution >= 4 is 43.7 Å². The molecule has 250 valence electrons. The molecule has 0 atom stereocenters. The zero-order valence-corrected chi connectivity index (χ0v) is 29.2. The molecule has 1 aliphatic carbocycles. The number of para-hydroxylation sites is 2. The summed E-state index contributed by atoms with van der Waals surface area (Å²) in [4.78, 5) is 15.1. The second-order valence-electron chi connectivity index (χ2n) is 14.4. The third-order valence-corrected chi connectivity index (χ3v) is 11.0. The summed E-state index contributed by atoms with van der Waals surface area (Å²) in [6, 6.07) is 55.2. The molecule has 11 rings (SSSR count). The lowest BCUT2D eigenvalue weighted by Crippen LogP contribution is -2.14. The van der Waals surface area contributed by atoms with Crippen molar-refractivity contribution in [2.24, 2.45) is 0 Å². The molecule has 0 amide bonds. The van der Waals surface area contributed by atoms with Crippen molar-refractivity contribution in [3.63, 3.8) is 0 Å². The van der Waals surface area contributed by atoms with Crippen molar-refractivity contribution in [3.05, 3.63) is 169 Å². The minimum absolute atomic E-state index is 0.221. The molecule has 0 N–H and O–H groups in total. The van der Waals surface area contributed by atoms with Gasteiger partial charge in [-0.05, 0) is 53.1 Å². The summed E-state index contributed by atoms with van der Waals surface area (Å²) < 4.78 is 8.84. The van der Waals surface area contributed by atoms with E-state index in [-0.39, 0.29) is 5.41 Å². The fourth-order valence-electron chi connectivity index (χ4n) is 8.48. The van der Waals surface area contributed by atoms with Crippen LogP contribution in [-0.2, 0) is 5.41 Å². The normalized spacial score (nSPS) is 13.2. The summed E-state index contributed by atoms with van der Waals surface area (Å²) in [5.41, 5.74) is 13.0. The summed E-state index contributed by atoms with van der Waals surface area (Å²) >= 11 is 0. The smallest absolute Gasteiger partial charge is 0.164 e. The van der Waals surface area contributed by atoms with Crippen molar-refractivity contribution < 1.29 is 4.42 Å². The molecule has 0 saturated heterocycles. The van der Waals surface area contributed by atoms with Crippen LogP contribution >= 0.6 is 0 Å². The zero-order chi connectivity index (χ0) is 35.3. The van der Waals surface area contributed by atoms with Crippen LogP contribution in [0, 0.1) is 0 Å². The topological polar surface area (TPSA) is 56.7 Å². The molecular weight excluding hydrogens is 649 g/mol. The average Bonchev–Trinajstić information content (AvgIpc) is 3.83. The molecule has 5 heteroatoms. The van der Waals surface area contributed by atoms with Crippen LogP contribution in [0.5, 0.6) is 0 Å². The number of nitrogens with zero attached hydrogens (tertiary/aromatic N) is 4. The SMILES string of the molecule is CC1(C)c2cc3oc4ccccc4c3cc2-c2c1ccc1c3ccccc3n(-c3cccc(-c4nc(-c5ccccc5)nc(-c5ccccc5)n4)c3)c21. The van der Waals surface area contributed by atoms with E-state index in [1.165, 1.54) is 38.5 Å². The van der Waals surface area contributed by atoms with Crippen molar-refractivity contribution in [3.8, 4) is 51.0 Å². The number of fused-ring (bicyclic) bond motifs is 10. The Balaban J connectivity index is 1.17. The Bertz CT molecular complexity index is 3020. The minimum atomic E-state index is -0.221. The lowest BCUT2D eigenvalue weighted by atomic mass is 9.82. The maximum atomic E-state index is 6.41. The van der Waals surface area contributed by atoms with Gasteiger partial charge in [0.05, 0.1) is 11.0 Å². The van der Waals surface area contributed by atoms with Gasteiger partial charge in [0.15, 0.2) is 17.5 Å². The van der Waals surface area contributed by atoms with Crippen molar-refractivity contribution in [2.45, 2.75) is 19.3 Å². The Morgan fingerprint density at radius 1 is 0.472 bits per heavy atom. The lowest BCUT2D eigenvalue weighted by Gasteiger charge is -2.21. The predicted octanol–water partition coefficient (Wildman–Crippen LogP) is 12.2. The molecule has 0 saturated carbocycles. The minimum Gasteiger partial charge on any atom is -0.456 e. The first-order valence-corrected chi connectivity index (χ1v) is 18.0. The van der Waals surface area contributed by atoms with E-state index in [1.807, 2.05) is 66.7 Å². The standard InChI is InChI=1S/C48H32N4O/c1-48(2)38-25-24-35-33-20-9-11-22-40(33)52(44(35)43(38)37-27-36-34-21-10-12-23-41(34)53-42(36)28-39(37)48)32-19-13-18-31(26-32)47-50-45(29-14-5-3-6-15-29)49-46(51-47)30-16-7-4-8-17-30/h3-28H,1-2H3. The number of hydrogen-bond acceptors (Lipinski definition) is 4. The fraction of sp³-hybridized carbons (Fsp3) is 0.0625. The molecular formula is C48H32N4O. The highest BCUT2D eigenvalue weighted by Crippen LogP contribution is 2.54.